The molecule has 0 aliphatic heterocycles. The molecule has 2 atom stereocenters. The number of thioether (sulfide) groups is 1. The average molecular weight is 271 g/mol. The Bertz CT molecular complexity index is 369. The summed E-state index contributed by atoms with van der Waals surface area (Å²) in [6, 6.07) is 0. The molecule has 0 amide bonds. The quantitative estimate of drug-likeness (QED) is 0.585. The molecule has 0 spiro atoms. The lowest BCUT2D eigenvalue weighted by atomic mass is 9.96. The fraction of sp³-hybridized carbons (Fsp3) is 0.667. The molecule has 18 heavy (non-hydrogen) atoms. The normalized spacial score (nSPS) is 16.0. The zero-order chi connectivity index (χ0) is 13.6. The molecule has 1 heterocycles. The van der Waals surface area contributed by atoms with E-state index in [1.165, 1.54) is 7.11 Å². The van der Waals surface area contributed by atoms with Gasteiger partial charge in [-0.2, -0.15) is 0 Å². The van der Waals surface area contributed by atoms with E-state index in [4.69, 9.17) is 4.74 Å². The lowest BCUT2D eigenvalue weighted by Crippen LogP contribution is -2.51. The average Bonchev–Trinajstić information content (AvgIpc) is 2.80. The lowest BCUT2D eigenvalue weighted by Gasteiger charge is -2.29. The van der Waals surface area contributed by atoms with Crippen molar-refractivity contribution in [1.29, 1.82) is 0 Å². The van der Waals surface area contributed by atoms with Crippen LogP contribution in [0.3, 0.4) is 0 Å². The number of hydrogen-bond donors (Lipinski definition) is 2. The van der Waals surface area contributed by atoms with Gasteiger partial charge in [0.15, 0.2) is 5.16 Å². The summed E-state index contributed by atoms with van der Waals surface area (Å²) in [5, 5.41) is 4.32. The van der Waals surface area contributed by atoms with Crippen molar-refractivity contribution in [3.05, 3.63) is 12.4 Å². The number of ether oxygens (including phenoxy) is 1. The molecule has 2 unspecified atom stereocenters. The van der Waals surface area contributed by atoms with Crippen LogP contribution in [-0.4, -0.2) is 40.4 Å². The molecule has 6 heteroatoms. The number of carbonyl (C=O) groups excluding carboxylic acids is 1. The zero-order valence-electron chi connectivity index (χ0n) is 11.3. The van der Waals surface area contributed by atoms with Crippen molar-refractivity contribution < 1.29 is 9.53 Å². The van der Waals surface area contributed by atoms with E-state index >= 15 is 0 Å². The monoisotopic (exact) mass is 271 g/mol. The highest BCUT2D eigenvalue weighted by molar-refractivity contribution is 7.99. The van der Waals surface area contributed by atoms with E-state index in [0.29, 0.717) is 6.42 Å². The maximum absolute atomic E-state index is 11.8. The first kappa shape index (κ1) is 15.0. The van der Waals surface area contributed by atoms with Crippen LogP contribution in [0.25, 0.3) is 0 Å². The van der Waals surface area contributed by atoms with E-state index in [1.54, 1.807) is 24.2 Å². The third kappa shape index (κ3) is 4.03. The van der Waals surface area contributed by atoms with E-state index < -0.39 is 5.54 Å². The summed E-state index contributed by atoms with van der Waals surface area (Å²) in [7, 11) is 1.42. The van der Waals surface area contributed by atoms with E-state index in [-0.39, 0.29) is 11.2 Å². The van der Waals surface area contributed by atoms with Gasteiger partial charge in [-0.25, -0.2) is 4.98 Å². The van der Waals surface area contributed by atoms with Gasteiger partial charge in [0, 0.05) is 17.6 Å². The Morgan fingerprint density at radius 2 is 2.44 bits per heavy atom. The van der Waals surface area contributed by atoms with Gasteiger partial charge in [0.1, 0.15) is 5.54 Å². The van der Waals surface area contributed by atoms with Gasteiger partial charge < -0.3 is 15.0 Å². The SMILES string of the molecule is CCNC(C)(CC(C)Sc1ncc[nH]1)C(=O)OC. The third-order valence-electron chi connectivity index (χ3n) is 2.68. The van der Waals surface area contributed by atoms with Crippen molar-refractivity contribution in [2.45, 2.75) is 43.1 Å². The number of H-pyrrole nitrogens is 1. The van der Waals surface area contributed by atoms with Crippen LogP contribution in [-0.2, 0) is 9.53 Å². The Kier molecular flexibility index (Phi) is 5.68. The van der Waals surface area contributed by atoms with Gasteiger partial charge in [0.2, 0.25) is 0 Å². The van der Waals surface area contributed by atoms with Crippen LogP contribution in [0.2, 0.25) is 0 Å². The topological polar surface area (TPSA) is 67.0 Å². The molecule has 1 rings (SSSR count). The maximum Gasteiger partial charge on any atom is 0.325 e. The summed E-state index contributed by atoms with van der Waals surface area (Å²) in [5.74, 6) is -0.226. The van der Waals surface area contributed by atoms with Crippen LogP contribution in [0.1, 0.15) is 27.2 Å². The minimum absolute atomic E-state index is 0.226. The summed E-state index contributed by atoms with van der Waals surface area (Å²) >= 11 is 1.62. The van der Waals surface area contributed by atoms with Gasteiger partial charge >= 0.3 is 5.97 Å². The first-order valence-electron chi connectivity index (χ1n) is 6.01. The molecular weight excluding hydrogens is 250 g/mol. The second kappa shape index (κ2) is 6.80. The van der Waals surface area contributed by atoms with Gasteiger partial charge in [0.25, 0.3) is 0 Å². The van der Waals surface area contributed by atoms with Crippen molar-refractivity contribution in [3.63, 3.8) is 0 Å². The fourth-order valence-corrected chi connectivity index (χ4v) is 3.02. The standard InChI is InChI=1S/C12H21N3O2S/c1-5-15-12(3,10(16)17-4)8-9(2)18-11-13-6-7-14-11/h6-7,9,15H,5,8H2,1-4H3,(H,13,14). The van der Waals surface area contributed by atoms with Gasteiger partial charge in [-0.05, 0) is 19.9 Å². The van der Waals surface area contributed by atoms with Crippen LogP contribution in [0, 0.1) is 0 Å². The van der Waals surface area contributed by atoms with Crippen molar-refractivity contribution in [3.8, 4) is 0 Å². The molecule has 0 aliphatic carbocycles. The summed E-state index contributed by atoms with van der Waals surface area (Å²) in [6.45, 7) is 6.66. The van der Waals surface area contributed by atoms with E-state index in [0.717, 1.165) is 11.7 Å². The first-order valence-corrected chi connectivity index (χ1v) is 6.89. The van der Waals surface area contributed by atoms with E-state index in [2.05, 4.69) is 22.2 Å². The highest BCUT2D eigenvalue weighted by Gasteiger charge is 2.35. The molecule has 0 aliphatic rings. The molecule has 0 saturated carbocycles. The molecule has 0 saturated heterocycles. The fourth-order valence-electron chi connectivity index (χ4n) is 1.97. The highest BCUT2D eigenvalue weighted by atomic mass is 32.2. The van der Waals surface area contributed by atoms with Crippen molar-refractivity contribution >= 4 is 17.7 Å². The summed E-state index contributed by atoms with van der Waals surface area (Å²) in [4.78, 5) is 19.1. The molecule has 0 aromatic carbocycles. The van der Waals surface area contributed by atoms with Gasteiger partial charge in [-0.3, -0.25) is 4.79 Å². The largest absolute Gasteiger partial charge is 0.468 e. The number of rotatable bonds is 7. The first-order chi connectivity index (χ1) is 8.51. The van der Waals surface area contributed by atoms with Crippen LogP contribution >= 0.6 is 11.8 Å². The third-order valence-corrected chi connectivity index (χ3v) is 3.70. The zero-order valence-corrected chi connectivity index (χ0v) is 12.1. The number of aromatic nitrogens is 2. The predicted octanol–water partition coefficient (Wildman–Crippen LogP) is 1.82. The van der Waals surface area contributed by atoms with Crippen molar-refractivity contribution in [2.24, 2.45) is 0 Å². The van der Waals surface area contributed by atoms with Gasteiger partial charge in [0.05, 0.1) is 7.11 Å². The van der Waals surface area contributed by atoms with Crippen molar-refractivity contribution in [1.82, 2.24) is 15.3 Å². The molecule has 0 radical (unpaired) electrons. The lowest BCUT2D eigenvalue weighted by molar-refractivity contribution is -0.148. The number of methoxy groups -OCH3 is 1. The Morgan fingerprint density at radius 3 is 2.94 bits per heavy atom. The number of aromatic amines is 1. The number of likely N-dealkylation sites (N-methyl/N-ethyl adjacent to an activating group) is 1. The molecule has 1 aromatic rings. The number of esters is 1. The Morgan fingerprint density at radius 1 is 1.72 bits per heavy atom. The number of nitrogens with zero attached hydrogens (tertiary/aromatic N) is 1. The van der Waals surface area contributed by atoms with Crippen LogP contribution in [0.4, 0.5) is 0 Å². The molecule has 2 N–H and O–H groups in total. The maximum atomic E-state index is 11.8. The summed E-state index contributed by atoms with van der Waals surface area (Å²) < 4.78 is 4.87. The number of hydrogen-bond acceptors (Lipinski definition) is 5. The summed E-state index contributed by atoms with van der Waals surface area (Å²) in [6.07, 6.45) is 4.19. The Balaban J connectivity index is 2.62. The highest BCUT2D eigenvalue weighted by Crippen LogP contribution is 2.26. The molecule has 1 aromatic heterocycles. The summed E-state index contributed by atoms with van der Waals surface area (Å²) in [5.41, 5.74) is -0.650. The number of nitrogens with one attached hydrogen (secondary N) is 2. The minimum Gasteiger partial charge on any atom is -0.468 e. The smallest absolute Gasteiger partial charge is 0.325 e. The Hall–Kier alpha value is -1.01. The van der Waals surface area contributed by atoms with Gasteiger partial charge in [-0.15, -0.1) is 0 Å². The molecule has 5 nitrogen and oxygen atoms in total. The van der Waals surface area contributed by atoms with Crippen LogP contribution < -0.4 is 5.32 Å². The molecular formula is C12H21N3O2S. The van der Waals surface area contributed by atoms with E-state index in [9.17, 15) is 4.79 Å². The second-order valence-electron chi connectivity index (χ2n) is 4.38. The van der Waals surface area contributed by atoms with Crippen molar-refractivity contribution in [2.75, 3.05) is 13.7 Å². The molecule has 0 bridgehead atoms. The number of carbonyl (C=O) groups is 1. The Labute approximate surface area is 112 Å². The van der Waals surface area contributed by atoms with Crippen LogP contribution in [0.5, 0.6) is 0 Å². The molecule has 0 fully saturated rings. The minimum atomic E-state index is -0.650. The van der Waals surface area contributed by atoms with Gasteiger partial charge in [-0.1, -0.05) is 25.6 Å². The predicted molar refractivity (Wildman–Crippen MR) is 72.6 cm³/mol. The second-order valence-corrected chi connectivity index (χ2v) is 5.81. The number of imidazole rings is 1. The van der Waals surface area contributed by atoms with E-state index in [1.807, 2.05) is 13.8 Å². The molecule has 102 valence electrons. The van der Waals surface area contributed by atoms with Crippen LogP contribution in [0.15, 0.2) is 17.6 Å².